The van der Waals surface area contributed by atoms with Crippen LogP contribution in [0.2, 0.25) is 0 Å². The number of phenols is 1. The van der Waals surface area contributed by atoms with Crippen molar-refractivity contribution in [3.63, 3.8) is 0 Å². The number of anilines is 1. The van der Waals surface area contributed by atoms with Crippen molar-refractivity contribution in [1.29, 1.82) is 0 Å². The van der Waals surface area contributed by atoms with Crippen LogP contribution in [0, 0.1) is 18.6 Å². The minimum atomic E-state index is -5.07. The standard InChI is InChI=1S/C23H22F5N3O2/c1-3-4-12-9-22(33,23(26,27)28)21(14-5-6-16(25)20(32)19(12)14)31-18-8-13(24)7-17-15(18)10-29-11(2)30-17/h5-8,10,12,21,31-33H,3-4,9H2,1-2H3/t12-,21-,22?/m0/s1. The molecule has 5 nitrogen and oxygen atoms in total. The fourth-order valence-electron chi connectivity index (χ4n) is 4.67. The van der Waals surface area contributed by atoms with Crippen LogP contribution in [0.3, 0.4) is 0 Å². The average molecular weight is 467 g/mol. The fraction of sp³-hybridized carbons (Fsp3) is 0.391. The summed E-state index contributed by atoms with van der Waals surface area (Å²) in [5.74, 6) is -3.05. The lowest BCUT2D eigenvalue weighted by atomic mass is 9.68. The molecule has 0 bridgehead atoms. The maximum atomic E-state index is 14.3. The quantitative estimate of drug-likeness (QED) is 0.432. The maximum Gasteiger partial charge on any atom is 0.419 e. The number of aryl methyl sites for hydroxylation is 1. The van der Waals surface area contributed by atoms with Gasteiger partial charge in [-0.05, 0) is 43.4 Å². The van der Waals surface area contributed by atoms with Crippen LogP contribution in [0.25, 0.3) is 10.9 Å². The Morgan fingerprint density at radius 3 is 2.61 bits per heavy atom. The molecule has 1 unspecified atom stereocenters. The lowest BCUT2D eigenvalue weighted by Crippen LogP contribution is -2.55. The van der Waals surface area contributed by atoms with E-state index in [-0.39, 0.29) is 34.1 Å². The van der Waals surface area contributed by atoms with Crippen molar-refractivity contribution >= 4 is 16.6 Å². The molecule has 176 valence electrons. The van der Waals surface area contributed by atoms with E-state index < -0.39 is 47.5 Å². The monoisotopic (exact) mass is 467 g/mol. The summed E-state index contributed by atoms with van der Waals surface area (Å²) >= 11 is 0. The van der Waals surface area contributed by atoms with Crippen LogP contribution in [0.4, 0.5) is 27.6 Å². The van der Waals surface area contributed by atoms with Crippen LogP contribution >= 0.6 is 0 Å². The van der Waals surface area contributed by atoms with Gasteiger partial charge in [0, 0.05) is 28.9 Å². The molecule has 0 saturated heterocycles. The van der Waals surface area contributed by atoms with Gasteiger partial charge in [-0.25, -0.2) is 18.7 Å². The number of halogens is 5. The van der Waals surface area contributed by atoms with Crippen molar-refractivity contribution in [2.24, 2.45) is 0 Å². The van der Waals surface area contributed by atoms with Crippen molar-refractivity contribution < 1.29 is 32.2 Å². The van der Waals surface area contributed by atoms with Crippen LogP contribution in [0.1, 0.15) is 55.1 Å². The zero-order valence-electron chi connectivity index (χ0n) is 17.8. The highest BCUT2D eigenvalue weighted by atomic mass is 19.4. The van der Waals surface area contributed by atoms with Gasteiger partial charge in [-0.1, -0.05) is 19.4 Å². The number of nitrogens with zero attached hydrogens (tertiary/aromatic N) is 2. The molecule has 4 rings (SSSR count). The zero-order valence-corrected chi connectivity index (χ0v) is 17.8. The van der Waals surface area contributed by atoms with Gasteiger partial charge in [-0.2, -0.15) is 13.2 Å². The van der Waals surface area contributed by atoms with E-state index in [1.807, 2.05) is 0 Å². The third kappa shape index (κ3) is 3.86. The fourth-order valence-corrected chi connectivity index (χ4v) is 4.67. The molecule has 1 aliphatic carbocycles. The first-order valence-electron chi connectivity index (χ1n) is 10.5. The van der Waals surface area contributed by atoms with Crippen LogP contribution < -0.4 is 5.32 Å². The number of fused-ring (bicyclic) bond motifs is 2. The Kier molecular flexibility index (Phi) is 5.68. The van der Waals surface area contributed by atoms with Gasteiger partial charge < -0.3 is 15.5 Å². The van der Waals surface area contributed by atoms with Gasteiger partial charge in [0.05, 0.1) is 11.6 Å². The molecule has 33 heavy (non-hydrogen) atoms. The van der Waals surface area contributed by atoms with Crippen LogP contribution in [0.5, 0.6) is 5.75 Å². The molecule has 3 atom stereocenters. The molecule has 0 spiro atoms. The molecule has 0 radical (unpaired) electrons. The predicted molar refractivity (Wildman–Crippen MR) is 112 cm³/mol. The van der Waals surface area contributed by atoms with E-state index in [4.69, 9.17) is 0 Å². The van der Waals surface area contributed by atoms with Crippen molar-refractivity contribution in [2.75, 3.05) is 5.32 Å². The van der Waals surface area contributed by atoms with E-state index in [9.17, 15) is 32.2 Å². The smallest absolute Gasteiger partial charge is 0.419 e. The number of hydrogen-bond acceptors (Lipinski definition) is 5. The lowest BCUT2D eigenvalue weighted by Gasteiger charge is -2.46. The number of aromatic hydroxyl groups is 1. The van der Waals surface area contributed by atoms with E-state index in [0.29, 0.717) is 12.2 Å². The molecule has 1 heterocycles. The minimum Gasteiger partial charge on any atom is -0.505 e. The Hall–Kier alpha value is -3.01. The molecule has 0 amide bonds. The van der Waals surface area contributed by atoms with Gasteiger partial charge in [0.1, 0.15) is 11.6 Å². The summed E-state index contributed by atoms with van der Waals surface area (Å²) < 4.78 is 71.3. The molecule has 1 aromatic heterocycles. The molecule has 3 aromatic rings. The summed E-state index contributed by atoms with van der Waals surface area (Å²) in [5.41, 5.74) is -3.27. The van der Waals surface area contributed by atoms with E-state index >= 15 is 0 Å². The summed E-state index contributed by atoms with van der Waals surface area (Å²) in [4.78, 5) is 8.15. The molecular formula is C23H22F5N3O2. The van der Waals surface area contributed by atoms with Crippen LogP contribution in [-0.4, -0.2) is 32.0 Å². The molecule has 2 aromatic carbocycles. The maximum absolute atomic E-state index is 14.3. The number of hydrogen-bond donors (Lipinski definition) is 3. The molecule has 1 aliphatic rings. The third-order valence-electron chi connectivity index (χ3n) is 6.17. The van der Waals surface area contributed by atoms with E-state index in [2.05, 4.69) is 15.3 Å². The number of phenolic OH excluding ortho intramolecular Hbond substituents is 1. The Morgan fingerprint density at radius 2 is 1.94 bits per heavy atom. The average Bonchev–Trinajstić information content (AvgIpc) is 2.71. The molecule has 0 saturated carbocycles. The van der Waals surface area contributed by atoms with Gasteiger partial charge >= 0.3 is 6.18 Å². The minimum absolute atomic E-state index is 0.0103. The van der Waals surface area contributed by atoms with Crippen molar-refractivity contribution in [3.8, 4) is 5.75 Å². The third-order valence-corrected chi connectivity index (χ3v) is 6.17. The second-order valence-corrected chi connectivity index (χ2v) is 8.39. The van der Waals surface area contributed by atoms with Crippen LogP contribution in [0.15, 0.2) is 30.5 Å². The molecule has 3 N–H and O–H groups in total. The number of aromatic nitrogens is 2. The SMILES string of the molecule is CCC[C@H]1CC(O)(C(F)(F)F)[C@@H](Nc2cc(F)cc3nc(C)ncc23)c2ccc(F)c(O)c21. The molecule has 0 fully saturated rings. The van der Waals surface area contributed by atoms with Crippen molar-refractivity contribution in [1.82, 2.24) is 9.97 Å². The van der Waals surface area contributed by atoms with Crippen molar-refractivity contribution in [2.45, 2.75) is 56.8 Å². The number of aliphatic hydroxyl groups is 1. The first-order valence-corrected chi connectivity index (χ1v) is 10.5. The summed E-state index contributed by atoms with van der Waals surface area (Å²) in [6.45, 7) is 3.33. The van der Waals surface area contributed by atoms with E-state index in [1.54, 1.807) is 13.8 Å². The van der Waals surface area contributed by atoms with Gasteiger partial charge in [0.15, 0.2) is 17.2 Å². The predicted octanol–water partition coefficient (Wildman–Crippen LogP) is 5.66. The first kappa shape index (κ1) is 23.2. The summed E-state index contributed by atoms with van der Waals surface area (Å²) in [6, 6.07) is 2.23. The van der Waals surface area contributed by atoms with Gasteiger partial charge in [0.25, 0.3) is 0 Å². The number of nitrogens with one attached hydrogen (secondary N) is 1. The number of alkyl halides is 3. The van der Waals surface area contributed by atoms with Crippen molar-refractivity contribution in [3.05, 3.63) is 59.0 Å². The Balaban J connectivity index is 1.94. The van der Waals surface area contributed by atoms with E-state index in [0.717, 1.165) is 24.3 Å². The molecule has 0 aliphatic heterocycles. The van der Waals surface area contributed by atoms with Gasteiger partial charge in [0.2, 0.25) is 0 Å². The largest absolute Gasteiger partial charge is 0.505 e. The number of benzene rings is 2. The van der Waals surface area contributed by atoms with E-state index in [1.165, 1.54) is 6.20 Å². The molecule has 10 heteroatoms. The summed E-state index contributed by atoms with van der Waals surface area (Å²) in [6.07, 6.45) is -3.87. The second kappa shape index (κ2) is 8.09. The lowest BCUT2D eigenvalue weighted by molar-refractivity contribution is -0.273. The Bertz CT molecular complexity index is 1210. The highest BCUT2D eigenvalue weighted by molar-refractivity contribution is 5.91. The topological polar surface area (TPSA) is 78.3 Å². The number of rotatable bonds is 4. The second-order valence-electron chi connectivity index (χ2n) is 8.39. The Labute approximate surface area is 186 Å². The Morgan fingerprint density at radius 1 is 1.21 bits per heavy atom. The van der Waals surface area contributed by atoms with Crippen LogP contribution in [-0.2, 0) is 0 Å². The first-order chi connectivity index (χ1) is 15.5. The summed E-state index contributed by atoms with van der Waals surface area (Å²) in [5, 5.41) is 24.3. The van der Waals surface area contributed by atoms with Gasteiger partial charge in [-0.15, -0.1) is 0 Å². The normalized spacial score (nSPS) is 22.9. The highest BCUT2D eigenvalue weighted by Crippen LogP contribution is 2.55. The molecular weight excluding hydrogens is 445 g/mol. The van der Waals surface area contributed by atoms with Gasteiger partial charge in [-0.3, -0.25) is 0 Å². The zero-order chi connectivity index (χ0) is 24.1. The highest BCUT2D eigenvalue weighted by Gasteiger charge is 2.62. The summed E-state index contributed by atoms with van der Waals surface area (Å²) in [7, 11) is 0.